The van der Waals surface area contributed by atoms with E-state index in [1.165, 1.54) is 0 Å². The van der Waals surface area contributed by atoms with Gasteiger partial charge in [-0.25, -0.2) is 0 Å². The van der Waals surface area contributed by atoms with Gasteiger partial charge in [-0.05, 0) is 36.0 Å². The lowest BCUT2D eigenvalue weighted by atomic mass is 9.86. The number of hydrogen-bond donors (Lipinski definition) is 1. The van der Waals surface area contributed by atoms with Crippen LogP contribution in [0.1, 0.15) is 57.2 Å². The van der Waals surface area contributed by atoms with Crippen LogP contribution in [0, 0.1) is 18.8 Å². The second kappa shape index (κ2) is 15.2. The molecular formula is C23H33IN2O2S. The van der Waals surface area contributed by atoms with Gasteiger partial charge in [0.25, 0.3) is 5.56 Å². The fraction of sp³-hybridized carbons (Fsp3) is 0.391. The summed E-state index contributed by atoms with van der Waals surface area (Å²) in [5.41, 5.74) is 2.62. The number of carbonyl (C=O) groups is 1. The highest BCUT2D eigenvalue weighted by molar-refractivity contribution is 14.0. The first-order valence-corrected chi connectivity index (χ1v) is 9.42. The van der Waals surface area contributed by atoms with Crippen molar-refractivity contribution in [3.63, 3.8) is 0 Å². The number of aromatic nitrogens is 1. The highest BCUT2D eigenvalue weighted by atomic mass is 127. The second-order valence-corrected chi connectivity index (χ2v) is 6.30. The van der Waals surface area contributed by atoms with Crippen molar-refractivity contribution in [2.45, 2.75) is 46.1 Å². The Bertz CT molecular complexity index is 822. The van der Waals surface area contributed by atoms with E-state index in [4.69, 9.17) is 0 Å². The summed E-state index contributed by atoms with van der Waals surface area (Å²) in [6.45, 7) is 6.06. The SMILES string of the molecule is C#C.CC.CC1C=Cc2c(ccn(C)c2=O)C1NC(=O)CC1=CCCC=C1.I.S. The Morgan fingerprint density at radius 2 is 1.90 bits per heavy atom. The lowest BCUT2D eigenvalue weighted by Crippen LogP contribution is -2.36. The van der Waals surface area contributed by atoms with Gasteiger partial charge in [-0.15, -0.1) is 36.8 Å². The van der Waals surface area contributed by atoms with Crippen molar-refractivity contribution >= 4 is 49.5 Å². The maximum atomic E-state index is 12.4. The zero-order valence-electron chi connectivity index (χ0n) is 17.6. The minimum Gasteiger partial charge on any atom is -0.348 e. The minimum atomic E-state index is -0.149. The van der Waals surface area contributed by atoms with E-state index in [9.17, 15) is 9.59 Å². The Kier molecular flexibility index (Phi) is 15.4. The summed E-state index contributed by atoms with van der Waals surface area (Å²) in [5, 5.41) is 3.11. The molecule has 29 heavy (non-hydrogen) atoms. The first-order chi connectivity index (χ1) is 13.1. The number of nitrogens with one attached hydrogen (secondary N) is 1. The minimum absolute atomic E-state index is 0. The number of terminal acetylenes is 1. The molecule has 1 N–H and O–H groups in total. The van der Waals surface area contributed by atoms with Crippen LogP contribution in [-0.4, -0.2) is 10.5 Å². The maximum Gasteiger partial charge on any atom is 0.257 e. The first kappa shape index (κ1) is 29.5. The Morgan fingerprint density at radius 3 is 2.48 bits per heavy atom. The fourth-order valence-electron chi connectivity index (χ4n) is 3.16. The third kappa shape index (κ3) is 7.90. The largest absolute Gasteiger partial charge is 0.348 e. The Morgan fingerprint density at radius 1 is 1.24 bits per heavy atom. The van der Waals surface area contributed by atoms with Crippen molar-refractivity contribution in [2.24, 2.45) is 13.0 Å². The van der Waals surface area contributed by atoms with Crippen LogP contribution < -0.4 is 10.9 Å². The third-order valence-electron chi connectivity index (χ3n) is 4.52. The Hall–Kier alpha value is -1.72. The van der Waals surface area contributed by atoms with Gasteiger partial charge in [0.05, 0.1) is 12.5 Å². The number of amides is 1. The zero-order chi connectivity index (χ0) is 20.4. The molecule has 2 unspecified atom stereocenters. The average Bonchev–Trinajstić information content (AvgIpc) is 2.70. The van der Waals surface area contributed by atoms with Gasteiger partial charge in [-0.1, -0.05) is 51.2 Å². The van der Waals surface area contributed by atoms with Crippen LogP contribution in [0.4, 0.5) is 0 Å². The lowest BCUT2D eigenvalue weighted by Gasteiger charge is -2.28. The van der Waals surface area contributed by atoms with Crippen LogP contribution in [0.2, 0.25) is 0 Å². The van der Waals surface area contributed by atoms with Crippen molar-refractivity contribution in [1.29, 1.82) is 0 Å². The van der Waals surface area contributed by atoms with E-state index in [0.29, 0.717) is 12.0 Å². The Balaban J connectivity index is 0. The van der Waals surface area contributed by atoms with Gasteiger partial charge >= 0.3 is 0 Å². The number of aryl methyl sites for hydroxylation is 1. The average molecular weight is 529 g/mol. The number of pyridine rings is 1. The van der Waals surface area contributed by atoms with Crippen LogP contribution >= 0.6 is 37.5 Å². The summed E-state index contributed by atoms with van der Waals surface area (Å²) in [6, 6.07) is 1.78. The number of carbonyl (C=O) groups excluding carboxylic acids is 1. The molecule has 1 amide bonds. The fourth-order valence-corrected chi connectivity index (χ4v) is 3.16. The highest BCUT2D eigenvalue weighted by Gasteiger charge is 2.26. The third-order valence-corrected chi connectivity index (χ3v) is 4.52. The molecule has 160 valence electrons. The summed E-state index contributed by atoms with van der Waals surface area (Å²) < 4.78 is 1.57. The molecule has 0 aliphatic heterocycles. The molecule has 1 aromatic heterocycles. The van der Waals surface area contributed by atoms with E-state index in [0.717, 1.165) is 24.0 Å². The molecule has 0 aromatic carbocycles. The first-order valence-electron chi connectivity index (χ1n) is 9.42. The highest BCUT2D eigenvalue weighted by Crippen LogP contribution is 2.30. The van der Waals surface area contributed by atoms with Crippen LogP contribution in [0.25, 0.3) is 6.08 Å². The molecule has 0 saturated heterocycles. The van der Waals surface area contributed by atoms with Crippen molar-refractivity contribution in [3.8, 4) is 12.8 Å². The Labute approximate surface area is 199 Å². The molecule has 4 nitrogen and oxygen atoms in total. The van der Waals surface area contributed by atoms with Gasteiger partial charge in [0.15, 0.2) is 0 Å². The lowest BCUT2D eigenvalue weighted by molar-refractivity contribution is -0.121. The van der Waals surface area contributed by atoms with Crippen LogP contribution in [0.3, 0.4) is 0 Å². The van der Waals surface area contributed by atoms with Crippen LogP contribution in [0.15, 0.2) is 46.9 Å². The van der Waals surface area contributed by atoms with Gasteiger partial charge in [0.1, 0.15) is 0 Å². The van der Waals surface area contributed by atoms with Crippen molar-refractivity contribution in [3.05, 3.63) is 63.6 Å². The van der Waals surface area contributed by atoms with Gasteiger partial charge in [0.2, 0.25) is 5.91 Å². The topological polar surface area (TPSA) is 51.1 Å². The quantitative estimate of drug-likeness (QED) is 0.449. The van der Waals surface area contributed by atoms with E-state index < -0.39 is 0 Å². The standard InChI is InChI=1S/C19H22N2O2.C2H6.C2H2.HI.H2S/c1-13-8-9-16-15(10-11-21(2)19(16)23)18(13)20-17(22)12-14-6-4-3-5-7-14;2*1-2;;/h4,6-11,13,18H,3,5,12H2,1-2H3,(H,20,22);1-2H3;1-2H;1H;1H2. The molecule has 0 fully saturated rings. The van der Waals surface area contributed by atoms with Gasteiger partial charge in [-0.2, -0.15) is 13.5 Å². The van der Waals surface area contributed by atoms with Crippen molar-refractivity contribution < 1.29 is 4.79 Å². The summed E-state index contributed by atoms with van der Waals surface area (Å²) in [4.78, 5) is 24.6. The molecule has 0 saturated carbocycles. The van der Waals surface area contributed by atoms with E-state index in [1.54, 1.807) is 17.8 Å². The van der Waals surface area contributed by atoms with E-state index >= 15 is 0 Å². The number of nitrogens with zero attached hydrogens (tertiary/aromatic N) is 1. The molecule has 2 aliphatic carbocycles. The molecule has 2 atom stereocenters. The molecular weight excluding hydrogens is 495 g/mol. The number of hydrogen-bond acceptors (Lipinski definition) is 2. The predicted octanol–water partition coefficient (Wildman–Crippen LogP) is 4.88. The summed E-state index contributed by atoms with van der Waals surface area (Å²) in [7, 11) is 1.74. The number of halogens is 1. The monoisotopic (exact) mass is 528 g/mol. The second-order valence-electron chi connectivity index (χ2n) is 6.30. The molecule has 3 rings (SSSR count). The molecule has 0 spiro atoms. The number of rotatable bonds is 3. The van der Waals surface area contributed by atoms with Gasteiger partial charge in [-0.3, -0.25) is 9.59 Å². The molecule has 2 aliphatic rings. The van der Waals surface area contributed by atoms with Gasteiger partial charge in [0, 0.05) is 18.8 Å². The maximum absolute atomic E-state index is 12.4. The zero-order valence-corrected chi connectivity index (χ0v) is 21.0. The molecule has 1 aromatic rings. The van der Waals surface area contributed by atoms with Crippen molar-refractivity contribution in [2.75, 3.05) is 0 Å². The van der Waals surface area contributed by atoms with Crippen molar-refractivity contribution in [1.82, 2.24) is 9.88 Å². The van der Waals surface area contributed by atoms with Gasteiger partial charge < -0.3 is 9.88 Å². The van der Waals surface area contributed by atoms with E-state index in [-0.39, 0.29) is 60.9 Å². The van der Waals surface area contributed by atoms with E-state index in [1.807, 2.05) is 38.1 Å². The van der Waals surface area contributed by atoms with Crippen LogP contribution in [-0.2, 0) is 11.8 Å². The summed E-state index contributed by atoms with van der Waals surface area (Å²) in [5.74, 6) is 0.163. The van der Waals surface area contributed by atoms with Crippen LogP contribution in [0.5, 0.6) is 0 Å². The molecule has 1 heterocycles. The normalized spacial score (nSPS) is 18.1. The summed E-state index contributed by atoms with van der Waals surface area (Å²) in [6.07, 6.45) is 22.3. The smallest absolute Gasteiger partial charge is 0.257 e. The number of fused-ring (bicyclic) bond motifs is 1. The molecule has 0 radical (unpaired) electrons. The molecule has 6 heteroatoms. The van der Waals surface area contributed by atoms with E-state index in [2.05, 4.69) is 37.2 Å². The predicted molar refractivity (Wildman–Crippen MR) is 139 cm³/mol. The number of allylic oxidation sites excluding steroid dienone is 3. The summed E-state index contributed by atoms with van der Waals surface area (Å²) >= 11 is 0. The molecule has 0 bridgehead atoms.